The van der Waals surface area contributed by atoms with E-state index in [0.717, 1.165) is 25.0 Å². The molecular formula is C28H43N5O8S. The van der Waals surface area contributed by atoms with Crippen molar-refractivity contribution in [3.8, 4) is 0 Å². The van der Waals surface area contributed by atoms with Gasteiger partial charge < -0.3 is 45.9 Å². The molecule has 234 valence electrons. The molecule has 42 heavy (non-hydrogen) atoms. The van der Waals surface area contributed by atoms with E-state index in [-0.39, 0.29) is 43.0 Å². The maximum Gasteiger partial charge on any atom is 0.315 e. The number of ether oxygens (including phenoxy) is 4. The number of unbranched alkanes of at least 4 members (excludes halogenated alkanes) is 1. The summed E-state index contributed by atoms with van der Waals surface area (Å²) in [5, 5.41) is 11.9. The number of nitrogen functional groups attached to an aromatic ring is 1. The summed E-state index contributed by atoms with van der Waals surface area (Å²) in [6.07, 6.45) is 4.14. The fourth-order valence-electron chi connectivity index (χ4n) is 4.54. The van der Waals surface area contributed by atoms with Crippen molar-refractivity contribution in [1.82, 2.24) is 16.0 Å². The molecule has 0 aliphatic carbocycles. The van der Waals surface area contributed by atoms with Crippen LogP contribution < -0.4 is 27.0 Å². The highest BCUT2D eigenvalue weighted by molar-refractivity contribution is 8.00. The quantitative estimate of drug-likeness (QED) is 0.0557. The third-order valence-corrected chi connectivity index (χ3v) is 8.24. The van der Waals surface area contributed by atoms with Gasteiger partial charge in [-0.1, -0.05) is 6.42 Å². The molecule has 6 N–H and O–H groups in total. The van der Waals surface area contributed by atoms with Gasteiger partial charge in [0.15, 0.2) is 6.29 Å². The van der Waals surface area contributed by atoms with Crippen LogP contribution in [0, 0.1) is 0 Å². The number of hydrogen-bond acceptors (Lipinski definition) is 10. The van der Waals surface area contributed by atoms with Gasteiger partial charge >= 0.3 is 6.03 Å². The number of anilines is 2. The van der Waals surface area contributed by atoms with Crippen molar-refractivity contribution >= 4 is 47.3 Å². The first-order valence-electron chi connectivity index (χ1n) is 14.4. The number of aldehydes is 1. The van der Waals surface area contributed by atoms with Crippen LogP contribution in [-0.2, 0) is 28.5 Å². The van der Waals surface area contributed by atoms with Gasteiger partial charge in [-0.05, 0) is 31.0 Å². The Hall–Kier alpha value is -2.91. The third kappa shape index (κ3) is 12.5. The molecule has 14 heteroatoms. The number of nitrogens with one attached hydrogen (secondary N) is 4. The second-order valence-corrected chi connectivity index (χ2v) is 11.2. The first-order chi connectivity index (χ1) is 20.5. The van der Waals surface area contributed by atoms with E-state index < -0.39 is 0 Å². The van der Waals surface area contributed by atoms with Crippen LogP contribution >= 0.6 is 11.8 Å². The Balaban J connectivity index is 1.02. The number of nitrogens with two attached hydrogens (primary N) is 1. The average Bonchev–Trinajstić information content (AvgIpc) is 3.52. The van der Waals surface area contributed by atoms with E-state index in [1.54, 1.807) is 12.1 Å². The zero-order valence-electron chi connectivity index (χ0n) is 23.9. The van der Waals surface area contributed by atoms with Gasteiger partial charge in [0, 0.05) is 40.9 Å². The van der Waals surface area contributed by atoms with Crippen LogP contribution in [0.5, 0.6) is 0 Å². The van der Waals surface area contributed by atoms with E-state index in [2.05, 4.69) is 21.3 Å². The molecule has 1 aromatic rings. The maximum atomic E-state index is 12.0. The topological polar surface area (TPSA) is 179 Å². The van der Waals surface area contributed by atoms with E-state index in [1.165, 1.54) is 6.07 Å². The first kappa shape index (κ1) is 33.6. The van der Waals surface area contributed by atoms with Crippen molar-refractivity contribution in [3.05, 3.63) is 23.8 Å². The number of carbonyl (C=O) groups excluding carboxylic acids is 4. The molecule has 2 aliphatic rings. The molecule has 2 fully saturated rings. The van der Waals surface area contributed by atoms with Crippen LogP contribution in [0.25, 0.3) is 0 Å². The molecule has 3 rings (SSSR count). The molecule has 2 saturated heterocycles. The lowest BCUT2D eigenvalue weighted by molar-refractivity contribution is -0.121. The lowest BCUT2D eigenvalue weighted by Gasteiger charge is -2.16. The number of carbonyl (C=O) groups is 4. The molecule has 0 bridgehead atoms. The van der Waals surface area contributed by atoms with Gasteiger partial charge in [0.2, 0.25) is 11.8 Å². The summed E-state index contributed by atoms with van der Waals surface area (Å²) in [5.41, 5.74) is 6.95. The summed E-state index contributed by atoms with van der Waals surface area (Å²) in [7, 11) is 0. The van der Waals surface area contributed by atoms with E-state index in [0.29, 0.717) is 87.7 Å². The van der Waals surface area contributed by atoms with E-state index in [9.17, 15) is 19.2 Å². The lowest BCUT2D eigenvalue weighted by Crippen LogP contribution is -2.36. The normalized spacial score (nSPS) is 19.1. The first-order valence-corrected chi connectivity index (χ1v) is 15.4. The highest BCUT2D eigenvalue weighted by Gasteiger charge is 2.42. The molecule has 13 nitrogen and oxygen atoms in total. The molecular weight excluding hydrogens is 566 g/mol. The zero-order chi connectivity index (χ0) is 30.0. The number of thioether (sulfide) groups is 1. The van der Waals surface area contributed by atoms with Crippen LogP contribution in [0.4, 0.5) is 16.2 Å². The minimum absolute atomic E-state index is 0.0277. The lowest BCUT2D eigenvalue weighted by atomic mass is 10.0. The fourth-order valence-corrected chi connectivity index (χ4v) is 6.08. The molecule has 0 spiro atoms. The fraction of sp³-hybridized carbons (Fsp3) is 0.643. The molecule has 2 heterocycles. The maximum absolute atomic E-state index is 12.0. The number of urea groups is 1. The number of hydrogen-bond donors (Lipinski definition) is 5. The Morgan fingerprint density at radius 2 is 1.62 bits per heavy atom. The van der Waals surface area contributed by atoms with Gasteiger partial charge in [-0.3, -0.25) is 14.4 Å². The van der Waals surface area contributed by atoms with Crippen molar-refractivity contribution in [2.24, 2.45) is 0 Å². The predicted molar refractivity (Wildman–Crippen MR) is 160 cm³/mol. The van der Waals surface area contributed by atoms with Gasteiger partial charge in [-0.15, -0.1) is 0 Å². The zero-order valence-corrected chi connectivity index (χ0v) is 24.7. The highest BCUT2D eigenvalue weighted by Crippen LogP contribution is 2.33. The van der Waals surface area contributed by atoms with Gasteiger partial charge in [-0.25, -0.2) is 4.79 Å². The van der Waals surface area contributed by atoms with Gasteiger partial charge in [0.05, 0.1) is 71.4 Å². The molecule has 3 atom stereocenters. The van der Waals surface area contributed by atoms with Gasteiger partial charge in [-0.2, -0.15) is 11.8 Å². The Labute approximate surface area is 250 Å². The van der Waals surface area contributed by atoms with Crippen molar-refractivity contribution in [2.75, 3.05) is 76.2 Å². The second kappa shape index (κ2) is 19.3. The van der Waals surface area contributed by atoms with E-state index in [1.807, 2.05) is 11.8 Å². The molecule has 0 radical (unpaired) electrons. The van der Waals surface area contributed by atoms with Crippen LogP contribution in [0.3, 0.4) is 0 Å². The predicted octanol–water partition coefficient (Wildman–Crippen LogP) is 1.32. The van der Waals surface area contributed by atoms with Crippen molar-refractivity contribution in [1.29, 1.82) is 0 Å². The van der Waals surface area contributed by atoms with Crippen molar-refractivity contribution in [2.45, 2.75) is 49.4 Å². The molecule has 0 saturated carbocycles. The summed E-state index contributed by atoms with van der Waals surface area (Å²) in [6, 6.07) is 5.10. The molecule has 2 aliphatic heterocycles. The van der Waals surface area contributed by atoms with E-state index in [4.69, 9.17) is 24.7 Å². The largest absolute Gasteiger partial charge is 0.398 e. The number of fused-ring (bicyclic) bond motifs is 1. The SMILES string of the molecule is Nc1cc(NC(=O)CCOCCOCCOCCOCCNC(=O)CCCC[C@@H]2SC[C@@H]3NC(=O)N[C@@H]32)ccc1C=O. The number of amides is 4. The average molecular weight is 610 g/mol. The molecule has 0 unspecified atom stereocenters. The smallest absolute Gasteiger partial charge is 0.315 e. The summed E-state index contributed by atoms with van der Waals surface area (Å²) in [6.45, 7) is 3.61. The molecule has 1 aromatic carbocycles. The van der Waals surface area contributed by atoms with Gasteiger partial charge in [0.25, 0.3) is 0 Å². The van der Waals surface area contributed by atoms with Crippen molar-refractivity contribution in [3.63, 3.8) is 0 Å². The van der Waals surface area contributed by atoms with Crippen molar-refractivity contribution < 1.29 is 38.1 Å². The third-order valence-electron chi connectivity index (χ3n) is 6.74. The van der Waals surface area contributed by atoms with Crippen LogP contribution in [0.15, 0.2) is 18.2 Å². The standard InChI is InChI=1S/C28H43N5O8S/c29-22-17-21(6-5-20(22)18-34)31-26(36)7-9-38-11-13-40-15-16-41-14-12-39-10-8-30-25(35)4-2-1-3-24-27-23(19-42-24)32-28(37)33-27/h5-6,17-18,23-24,27H,1-4,7-16,19,29H2,(H,30,35)(H,31,36)(H2,32,33,37)/t23-,24-,27-/m0/s1. The summed E-state index contributed by atoms with van der Waals surface area (Å²) in [5.74, 6) is 0.767. The monoisotopic (exact) mass is 609 g/mol. The molecule has 0 aromatic heterocycles. The number of rotatable bonds is 22. The number of benzene rings is 1. The van der Waals surface area contributed by atoms with Crippen LogP contribution in [0.1, 0.15) is 42.5 Å². The molecule has 4 amide bonds. The minimum atomic E-state index is -0.213. The summed E-state index contributed by atoms with van der Waals surface area (Å²) < 4.78 is 21.8. The Bertz CT molecular complexity index is 1020. The Kier molecular flexibility index (Phi) is 15.4. The van der Waals surface area contributed by atoms with Gasteiger partial charge in [0.1, 0.15) is 0 Å². The van der Waals surface area contributed by atoms with Crippen LogP contribution in [-0.4, -0.2) is 107 Å². The summed E-state index contributed by atoms with van der Waals surface area (Å²) in [4.78, 5) is 46.2. The minimum Gasteiger partial charge on any atom is -0.398 e. The Morgan fingerprint density at radius 3 is 2.31 bits per heavy atom. The van der Waals surface area contributed by atoms with Crippen LogP contribution in [0.2, 0.25) is 0 Å². The Morgan fingerprint density at radius 1 is 0.929 bits per heavy atom. The second-order valence-electron chi connectivity index (χ2n) is 9.93. The summed E-state index contributed by atoms with van der Waals surface area (Å²) >= 11 is 1.89. The van der Waals surface area contributed by atoms with E-state index >= 15 is 0 Å². The highest BCUT2D eigenvalue weighted by atomic mass is 32.2.